The van der Waals surface area contributed by atoms with Gasteiger partial charge in [-0.25, -0.2) is 0 Å². The van der Waals surface area contributed by atoms with Gasteiger partial charge in [0.05, 0.1) is 13.0 Å². The van der Waals surface area contributed by atoms with Gasteiger partial charge >= 0.3 is 5.97 Å². The molecule has 0 fully saturated rings. The average molecular weight is 222 g/mol. The molecule has 1 heterocycles. The number of carboxylic acid groups (broad SMARTS) is 1. The molecule has 0 unspecified atom stereocenters. The molecule has 16 heavy (non-hydrogen) atoms. The second-order valence-electron chi connectivity index (χ2n) is 3.94. The second-order valence-corrected chi connectivity index (χ2v) is 3.94. The maximum atomic E-state index is 10.9. The summed E-state index contributed by atoms with van der Waals surface area (Å²) in [6.07, 6.45) is 0.508. The highest BCUT2D eigenvalue weighted by molar-refractivity contribution is 5.72. The fourth-order valence-electron chi connectivity index (χ4n) is 1.93. The minimum Gasteiger partial charge on any atom is -0.493 e. The number of carboxylic acids is 1. The lowest BCUT2D eigenvalue weighted by atomic mass is 9.93. The molecule has 1 aliphatic rings. The summed E-state index contributed by atoms with van der Waals surface area (Å²) in [5.74, 6) is 0.0932. The molecule has 0 amide bonds. The number of benzene rings is 1. The number of fused-ring (bicyclic) bond motifs is 1. The summed E-state index contributed by atoms with van der Waals surface area (Å²) >= 11 is 0. The SMILES string of the molecule is COc1ccc(C)c2c1OC[C@H](C(=O)O)C2. The van der Waals surface area contributed by atoms with Crippen LogP contribution in [0, 0.1) is 12.8 Å². The predicted octanol–water partition coefficient (Wildman–Crippen LogP) is 1.64. The summed E-state index contributed by atoms with van der Waals surface area (Å²) in [6.45, 7) is 2.16. The zero-order chi connectivity index (χ0) is 11.7. The van der Waals surface area contributed by atoms with Crippen LogP contribution in [0.2, 0.25) is 0 Å². The minimum atomic E-state index is -0.812. The van der Waals surface area contributed by atoms with Crippen molar-refractivity contribution in [2.75, 3.05) is 13.7 Å². The van der Waals surface area contributed by atoms with Gasteiger partial charge in [0.15, 0.2) is 11.5 Å². The Kier molecular flexibility index (Phi) is 2.73. The van der Waals surface area contributed by atoms with Crippen LogP contribution in [0.3, 0.4) is 0 Å². The molecule has 1 N–H and O–H groups in total. The molecule has 1 atom stereocenters. The van der Waals surface area contributed by atoms with E-state index >= 15 is 0 Å². The first kappa shape index (κ1) is 10.8. The van der Waals surface area contributed by atoms with Gasteiger partial charge in [-0.1, -0.05) is 6.07 Å². The van der Waals surface area contributed by atoms with Crippen molar-refractivity contribution in [3.63, 3.8) is 0 Å². The number of hydrogen-bond acceptors (Lipinski definition) is 3. The van der Waals surface area contributed by atoms with Crippen molar-refractivity contribution in [1.82, 2.24) is 0 Å². The molecule has 0 aliphatic carbocycles. The van der Waals surface area contributed by atoms with E-state index < -0.39 is 11.9 Å². The first-order chi connectivity index (χ1) is 7.63. The normalized spacial score (nSPS) is 18.5. The van der Waals surface area contributed by atoms with Gasteiger partial charge in [-0.3, -0.25) is 4.79 Å². The van der Waals surface area contributed by atoms with E-state index in [2.05, 4.69) is 0 Å². The van der Waals surface area contributed by atoms with Gasteiger partial charge in [0.1, 0.15) is 6.61 Å². The molecule has 0 saturated carbocycles. The molecule has 0 aromatic heterocycles. The van der Waals surface area contributed by atoms with E-state index in [1.807, 2.05) is 19.1 Å². The molecular formula is C12H14O4. The van der Waals surface area contributed by atoms with Crippen molar-refractivity contribution in [2.24, 2.45) is 5.92 Å². The minimum absolute atomic E-state index is 0.210. The van der Waals surface area contributed by atoms with Crippen LogP contribution in [-0.4, -0.2) is 24.8 Å². The number of methoxy groups -OCH3 is 1. The van der Waals surface area contributed by atoms with Crippen molar-refractivity contribution >= 4 is 5.97 Å². The predicted molar refractivity (Wildman–Crippen MR) is 58.1 cm³/mol. The van der Waals surface area contributed by atoms with E-state index in [9.17, 15) is 4.79 Å². The lowest BCUT2D eigenvalue weighted by molar-refractivity contribution is -0.143. The van der Waals surface area contributed by atoms with E-state index in [-0.39, 0.29) is 6.61 Å². The highest BCUT2D eigenvalue weighted by atomic mass is 16.5. The van der Waals surface area contributed by atoms with Gasteiger partial charge in [-0.2, -0.15) is 0 Å². The standard InChI is InChI=1S/C12H14O4/c1-7-3-4-10(15-2)11-9(7)5-8(6-16-11)12(13)14/h3-4,8H,5-6H2,1-2H3,(H,13,14)/t8-/m1/s1. The van der Waals surface area contributed by atoms with Gasteiger partial charge in [0.2, 0.25) is 0 Å². The second kappa shape index (κ2) is 4.04. The molecule has 2 rings (SSSR count). The van der Waals surface area contributed by atoms with E-state index in [0.29, 0.717) is 17.9 Å². The van der Waals surface area contributed by atoms with Crippen LogP contribution in [-0.2, 0) is 11.2 Å². The molecule has 1 aliphatic heterocycles. The number of carbonyl (C=O) groups is 1. The molecule has 86 valence electrons. The van der Waals surface area contributed by atoms with Crippen LogP contribution in [0.1, 0.15) is 11.1 Å². The Bertz CT molecular complexity index is 425. The smallest absolute Gasteiger partial charge is 0.310 e. The Morgan fingerprint density at radius 1 is 1.56 bits per heavy atom. The van der Waals surface area contributed by atoms with Gasteiger partial charge < -0.3 is 14.6 Å². The van der Waals surface area contributed by atoms with Crippen LogP contribution in [0.5, 0.6) is 11.5 Å². The lowest BCUT2D eigenvalue weighted by Crippen LogP contribution is -2.28. The Morgan fingerprint density at radius 3 is 2.94 bits per heavy atom. The monoisotopic (exact) mass is 222 g/mol. The summed E-state index contributed by atoms with van der Waals surface area (Å²) < 4.78 is 10.7. The Morgan fingerprint density at radius 2 is 2.31 bits per heavy atom. The summed E-state index contributed by atoms with van der Waals surface area (Å²) in [7, 11) is 1.58. The fourth-order valence-corrected chi connectivity index (χ4v) is 1.93. The van der Waals surface area contributed by atoms with Gasteiger partial charge in [0, 0.05) is 5.56 Å². The summed E-state index contributed by atoms with van der Waals surface area (Å²) in [4.78, 5) is 10.9. The van der Waals surface area contributed by atoms with E-state index in [4.69, 9.17) is 14.6 Å². The Hall–Kier alpha value is -1.71. The number of rotatable bonds is 2. The largest absolute Gasteiger partial charge is 0.493 e. The quantitative estimate of drug-likeness (QED) is 0.826. The van der Waals surface area contributed by atoms with Gasteiger partial charge in [-0.15, -0.1) is 0 Å². The van der Waals surface area contributed by atoms with Crippen LogP contribution >= 0.6 is 0 Å². The molecule has 0 bridgehead atoms. The molecule has 1 aromatic rings. The van der Waals surface area contributed by atoms with Crippen LogP contribution in [0.25, 0.3) is 0 Å². The molecule has 1 aromatic carbocycles. The van der Waals surface area contributed by atoms with Crippen LogP contribution in [0.4, 0.5) is 0 Å². The highest BCUT2D eigenvalue weighted by Gasteiger charge is 2.28. The van der Waals surface area contributed by atoms with Crippen molar-refractivity contribution in [2.45, 2.75) is 13.3 Å². The number of aliphatic carboxylic acids is 1. The Labute approximate surface area is 93.8 Å². The van der Waals surface area contributed by atoms with Gasteiger partial charge in [0.25, 0.3) is 0 Å². The highest BCUT2D eigenvalue weighted by Crippen LogP contribution is 2.38. The zero-order valence-electron chi connectivity index (χ0n) is 9.32. The third-order valence-electron chi connectivity index (χ3n) is 2.91. The zero-order valence-corrected chi connectivity index (χ0v) is 9.32. The average Bonchev–Trinajstić information content (AvgIpc) is 2.29. The van der Waals surface area contributed by atoms with E-state index in [1.165, 1.54) is 0 Å². The van der Waals surface area contributed by atoms with Crippen molar-refractivity contribution in [1.29, 1.82) is 0 Å². The first-order valence-corrected chi connectivity index (χ1v) is 5.15. The third-order valence-corrected chi connectivity index (χ3v) is 2.91. The maximum absolute atomic E-state index is 10.9. The fraction of sp³-hybridized carbons (Fsp3) is 0.417. The summed E-state index contributed by atoms with van der Waals surface area (Å²) in [5.41, 5.74) is 1.99. The summed E-state index contributed by atoms with van der Waals surface area (Å²) in [6, 6.07) is 3.76. The molecule has 0 saturated heterocycles. The Balaban J connectivity index is 2.41. The topological polar surface area (TPSA) is 55.8 Å². The van der Waals surface area contributed by atoms with Crippen molar-refractivity contribution < 1.29 is 19.4 Å². The van der Waals surface area contributed by atoms with E-state index in [1.54, 1.807) is 7.11 Å². The van der Waals surface area contributed by atoms with Gasteiger partial charge in [-0.05, 0) is 25.0 Å². The number of ether oxygens (including phenoxy) is 2. The molecule has 4 nitrogen and oxygen atoms in total. The third kappa shape index (κ3) is 1.71. The maximum Gasteiger partial charge on any atom is 0.310 e. The molecule has 0 radical (unpaired) electrons. The van der Waals surface area contributed by atoms with Crippen molar-refractivity contribution in [3.05, 3.63) is 23.3 Å². The molecular weight excluding hydrogens is 208 g/mol. The van der Waals surface area contributed by atoms with Crippen molar-refractivity contribution in [3.8, 4) is 11.5 Å². The van der Waals surface area contributed by atoms with Crippen LogP contribution in [0.15, 0.2) is 12.1 Å². The van der Waals surface area contributed by atoms with E-state index in [0.717, 1.165) is 11.1 Å². The number of hydrogen-bond donors (Lipinski definition) is 1. The first-order valence-electron chi connectivity index (χ1n) is 5.15. The molecule has 4 heteroatoms. The van der Waals surface area contributed by atoms with Crippen LogP contribution < -0.4 is 9.47 Å². The number of aryl methyl sites for hydroxylation is 1. The lowest BCUT2D eigenvalue weighted by Gasteiger charge is -2.25. The molecule has 0 spiro atoms. The summed E-state index contributed by atoms with van der Waals surface area (Å²) in [5, 5.41) is 8.97.